The van der Waals surface area contributed by atoms with Gasteiger partial charge in [0.25, 0.3) is 5.91 Å². The van der Waals surface area contributed by atoms with Crippen LogP contribution < -0.4 is 15.5 Å². The Hall–Kier alpha value is -3.11. The zero-order valence-electron chi connectivity index (χ0n) is 22.1. The van der Waals surface area contributed by atoms with Gasteiger partial charge >= 0.3 is 0 Å². The quantitative estimate of drug-likeness (QED) is 0.662. The van der Waals surface area contributed by atoms with Crippen LogP contribution in [0.15, 0.2) is 23.3 Å². The maximum Gasteiger partial charge on any atom is 0.271 e. The SMILES string of the molecule is C[C@@H]1CCN(C2=NCc3nc(N4CCC5(CC4)CO[C@@H](C)[C@H]5N)cnc32)c2ccc(C(=O)N(C)C)nc21. The smallest absolute Gasteiger partial charge is 0.271 e. The lowest BCUT2D eigenvalue weighted by atomic mass is 9.73. The summed E-state index contributed by atoms with van der Waals surface area (Å²) >= 11 is 0. The third-order valence-electron chi connectivity index (χ3n) is 8.68. The van der Waals surface area contributed by atoms with Gasteiger partial charge in [0.1, 0.15) is 17.2 Å². The Kier molecular flexibility index (Phi) is 5.91. The molecule has 6 heterocycles. The number of nitrogens with zero attached hydrogens (tertiary/aromatic N) is 7. The minimum Gasteiger partial charge on any atom is -0.376 e. The minimum atomic E-state index is -0.0883. The highest BCUT2D eigenvalue weighted by Gasteiger charge is 2.47. The van der Waals surface area contributed by atoms with Crippen molar-refractivity contribution in [2.24, 2.45) is 16.1 Å². The molecule has 0 unspecified atom stereocenters. The minimum absolute atomic E-state index is 0.0835. The number of carbonyl (C=O) groups is 1. The van der Waals surface area contributed by atoms with Gasteiger partial charge in [-0.25, -0.2) is 15.0 Å². The Balaban J connectivity index is 1.21. The van der Waals surface area contributed by atoms with Crippen LogP contribution in [0.5, 0.6) is 0 Å². The zero-order valence-corrected chi connectivity index (χ0v) is 22.1. The van der Waals surface area contributed by atoms with E-state index in [0.29, 0.717) is 12.2 Å². The molecular formula is C27H36N8O2. The van der Waals surface area contributed by atoms with Crippen molar-refractivity contribution in [3.63, 3.8) is 0 Å². The molecule has 10 heteroatoms. The number of amidine groups is 1. The number of ether oxygens (including phenoxy) is 1. The molecule has 4 aliphatic heterocycles. The van der Waals surface area contributed by atoms with E-state index < -0.39 is 0 Å². The third-order valence-corrected chi connectivity index (χ3v) is 8.68. The molecule has 1 spiro atoms. The topological polar surface area (TPSA) is 113 Å². The van der Waals surface area contributed by atoms with Gasteiger partial charge in [-0.1, -0.05) is 6.92 Å². The highest BCUT2D eigenvalue weighted by Crippen LogP contribution is 2.42. The number of nitrogens with two attached hydrogens (primary N) is 1. The second-order valence-corrected chi connectivity index (χ2v) is 11.2. The Morgan fingerprint density at radius 1 is 1.16 bits per heavy atom. The molecule has 0 saturated carbocycles. The average molecular weight is 505 g/mol. The van der Waals surface area contributed by atoms with E-state index >= 15 is 0 Å². The molecule has 2 N–H and O–H groups in total. The number of piperidine rings is 1. The molecule has 3 atom stereocenters. The van der Waals surface area contributed by atoms with E-state index in [9.17, 15) is 4.79 Å². The van der Waals surface area contributed by atoms with Crippen LogP contribution >= 0.6 is 0 Å². The Morgan fingerprint density at radius 2 is 1.95 bits per heavy atom. The van der Waals surface area contributed by atoms with E-state index in [1.807, 2.05) is 18.3 Å². The summed E-state index contributed by atoms with van der Waals surface area (Å²) in [6.07, 6.45) is 4.95. The molecule has 10 nitrogen and oxygen atoms in total. The average Bonchev–Trinajstić information content (AvgIpc) is 3.45. The normalized spacial score (nSPS) is 26.2. The van der Waals surface area contributed by atoms with Crippen molar-refractivity contribution < 1.29 is 9.53 Å². The zero-order chi connectivity index (χ0) is 25.9. The fourth-order valence-electron chi connectivity index (χ4n) is 6.16. The number of carbonyl (C=O) groups excluding carboxylic acids is 1. The van der Waals surface area contributed by atoms with Crippen LogP contribution in [0.25, 0.3) is 0 Å². The van der Waals surface area contributed by atoms with Gasteiger partial charge < -0.3 is 25.2 Å². The highest BCUT2D eigenvalue weighted by molar-refractivity contribution is 6.11. The lowest BCUT2D eigenvalue weighted by molar-refractivity contribution is 0.0821. The van der Waals surface area contributed by atoms with Crippen LogP contribution in [0.1, 0.15) is 66.6 Å². The molecular weight excluding hydrogens is 468 g/mol. The molecule has 4 aliphatic rings. The molecule has 0 aliphatic carbocycles. The second-order valence-electron chi connectivity index (χ2n) is 11.2. The van der Waals surface area contributed by atoms with Crippen LogP contribution in [-0.4, -0.2) is 84.1 Å². The van der Waals surface area contributed by atoms with Gasteiger partial charge in [-0.3, -0.25) is 9.79 Å². The molecule has 0 radical (unpaired) electrons. The molecule has 2 aromatic rings. The number of hydrogen-bond acceptors (Lipinski definition) is 9. The summed E-state index contributed by atoms with van der Waals surface area (Å²) in [6.45, 7) is 8.15. The number of rotatable bonds is 2. The summed E-state index contributed by atoms with van der Waals surface area (Å²) in [5.41, 5.74) is 10.7. The molecule has 0 aromatic carbocycles. The third kappa shape index (κ3) is 3.97. The van der Waals surface area contributed by atoms with Gasteiger partial charge in [-0.2, -0.15) is 0 Å². The predicted octanol–water partition coefficient (Wildman–Crippen LogP) is 2.18. The van der Waals surface area contributed by atoms with Gasteiger partial charge in [-0.15, -0.1) is 0 Å². The fraction of sp³-hybridized carbons (Fsp3) is 0.593. The van der Waals surface area contributed by atoms with Crippen molar-refractivity contribution in [2.45, 2.75) is 57.7 Å². The Morgan fingerprint density at radius 3 is 2.65 bits per heavy atom. The number of aliphatic imine (C=N–C) groups is 1. The Bertz CT molecular complexity index is 1250. The summed E-state index contributed by atoms with van der Waals surface area (Å²) in [6, 6.07) is 3.90. The molecule has 37 heavy (non-hydrogen) atoms. The lowest BCUT2D eigenvalue weighted by Crippen LogP contribution is -2.50. The molecule has 1 amide bonds. The van der Waals surface area contributed by atoms with Gasteiger partial charge in [0.2, 0.25) is 0 Å². The van der Waals surface area contributed by atoms with Crippen molar-refractivity contribution in [3.05, 3.63) is 41.1 Å². The van der Waals surface area contributed by atoms with Crippen molar-refractivity contribution in [1.82, 2.24) is 19.9 Å². The maximum absolute atomic E-state index is 12.5. The van der Waals surface area contributed by atoms with Crippen molar-refractivity contribution in [3.8, 4) is 0 Å². The molecule has 0 bridgehead atoms. The summed E-state index contributed by atoms with van der Waals surface area (Å²) < 4.78 is 5.87. The highest BCUT2D eigenvalue weighted by atomic mass is 16.5. The van der Waals surface area contributed by atoms with Gasteiger partial charge in [-0.05, 0) is 38.3 Å². The van der Waals surface area contributed by atoms with Crippen molar-refractivity contribution in [2.75, 3.05) is 50.1 Å². The first-order chi connectivity index (χ1) is 17.8. The summed E-state index contributed by atoms with van der Waals surface area (Å²) in [7, 11) is 3.49. The number of pyridine rings is 1. The maximum atomic E-state index is 12.5. The fourth-order valence-corrected chi connectivity index (χ4v) is 6.16. The van der Waals surface area contributed by atoms with Crippen LogP contribution in [-0.2, 0) is 11.3 Å². The first kappa shape index (κ1) is 24.2. The van der Waals surface area contributed by atoms with E-state index in [2.05, 4.69) is 23.6 Å². The molecule has 2 aromatic heterocycles. The van der Waals surface area contributed by atoms with E-state index in [1.165, 1.54) is 0 Å². The van der Waals surface area contributed by atoms with Gasteiger partial charge in [0.15, 0.2) is 5.84 Å². The van der Waals surface area contributed by atoms with Gasteiger partial charge in [0, 0.05) is 51.1 Å². The molecule has 2 fully saturated rings. The van der Waals surface area contributed by atoms with E-state index in [-0.39, 0.29) is 29.4 Å². The van der Waals surface area contributed by atoms with Crippen LogP contribution in [0.2, 0.25) is 0 Å². The lowest BCUT2D eigenvalue weighted by Gasteiger charge is -2.41. The number of fused-ring (bicyclic) bond motifs is 2. The summed E-state index contributed by atoms with van der Waals surface area (Å²) in [5.74, 6) is 1.93. The van der Waals surface area contributed by atoms with Crippen LogP contribution in [0.3, 0.4) is 0 Å². The number of amides is 1. The summed E-state index contributed by atoms with van der Waals surface area (Å²) in [5, 5.41) is 0. The number of aromatic nitrogens is 3. The molecule has 2 saturated heterocycles. The summed E-state index contributed by atoms with van der Waals surface area (Å²) in [4.78, 5) is 38.0. The Labute approximate surface area is 217 Å². The predicted molar refractivity (Wildman–Crippen MR) is 142 cm³/mol. The first-order valence-corrected chi connectivity index (χ1v) is 13.3. The number of anilines is 2. The van der Waals surface area contributed by atoms with E-state index in [4.69, 9.17) is 30.4 Å². The van der Waals surface area contributed by atoms with Crippen LogP contribution in [0.4, 0.5) is 11.5 Å². The molecule has 196 valence electrons. The largest absolute Gasteiger partial charge is 0.376 e. The van der Waals surface area contributed by atoms with E-state index in [1.54, 1.807) is 19.0 Å². The molecule has 6 rings (SSSR count). The number of hydrogen-bond donors (Lipinski definition) is 1. The van der Waals surface area contributed by atoms with Crippen molar-refractivity contribution >= 4 is 23.2 Å². The monoisotopic (exact) mass is 504 g/mol. The second kappa shape index (κ2) is 9.02. The standard InChI is InChI=1S/C27H36N8O2/c1-16-7-10-35(20-6-5-18(32-22(16)20)26(36)33(3)4)25-23-19(13-30-25)31-21(14-29-23)34-11-8-27(9-12-34)15-37-17(2)24(27)28/h5-6,14,16-17,24H,7-13,15,28H2,1-4H3/t16-,17+,24-/m1/s1. The van der Waals surface area contributed by atoms with Gasteiger partial charge in [0.05, 0.1) is 42.5 Å². The van der Waals surface area contributed by atoms with E-state index in [0.717, 1.165) is 79.9 Å². The van der Waals surface area contributed by atoms with Crippen molar-refractivity contribution in [1.29, 1.82) is 0 Å². The first-order valence-electron chi connectivity index (χ1n) is 13.3. The van der Waals surface area contributed by atoms with Crippen LogP contribution in [0, 0.1) is 5.41 Å².